The van der Waals surface area contributed by atoms with Crippen molar-refractivity contribution in [2.45, 2.75) is 50.6 Å². The molecule has 4 rings (SSSR count). The molecule has 0 spiro atoms. The van der Waals surface area contributed by atoms with Crippen molar-refractivity contribution in [3.05, 3.63) is 96.1 Å². The van der Waals surface area contributed by atoms with Gasteiger partial charge in [0.2, 0.25) is 10.0 Å². The maximum Gasteiger partial charge on any atom is 0.327 e. The summed E-state index contributed by atoms with van der Waals surface area (Å²) >= 11 is 1.47. The normalized spacial score (nSPS) is 13.1. The molecule has 212 valence electrons. The van der Waals surface area contributed by atoms with Crippen LogP contribution in [0.2, 0.25) is 0 Å². The summed E-state index contributed by atoms with van der Waals surface area (Å²) in [4.78, 5) is 17.1. The highest BCUT2D eigenvalue weighted by Crippen LogP contribution is 2.37. The average molecular weight is 580 g/mol. The maximum absolute atomic E-state index is 13.5. The van der Waals surface area contributed by atoms with E-state index in [-0.39, 0.29) is 5.75 Å². The second kappa shape index (κ2) is 13.0. The zero-order valence-electron chi connectivity index (χ0n) is 23.2. The van der Waals surface area contributed by atoms with Gasteiger partial charge < -0.3 is 9.67 Å². The predicted molar refractivity (Wildman–Crippen MR) is 162 cm³/mol. The number of hydrogen-bond acceptors (Lipinski definition) is 5. The smallest absolute Gasteiger partial charge is 0.327 e. The van der Waals surface area contributed by atoms with Gasteiger partial charge in [0.05, 0.1) is 16.8 Å². The van der Waals surface area contributed by atoms with Gasteiger partial charge in [0.25, 0.3) is 0 Å². The summed E-state index contributed by atoms with van der Waals surface area (Å²) in [6.45, 7) is 6.51. The minimum Gasteiger partial charge on any atom is -0.480 e. The van der Waals surface area contributed by atoms with Gasteiger partial charge in [-0.15, -0.1) is 0 Å². The van der Waals surface area contributed by atoms with Gasteiger partial charge in [0.1, 0.15) is 6.04 Å². The van der Waals surface area contributed by atoms with Crippen molar-refractivity contribution in [2.24, 2.45) is 5.41 Å². The van der Waals surface area contributed by atoms with E-state index in [1.165, 1.54) is 11.8 Å². The van der Waals surface area contributed by atoms with Crippen molar-refractivity contribution in [1.82, 2.24) is 13.9 Å². The number of carbonyl (C=O) groups is 1. The molecule has 1 heterocycles. The fraction of sp³-hybridized carbons (Fsp3) is 0.355. The van der Waals surface area contributed by atoms with Gasteiger partial charge in [0, 0.05) is 18.8 Å². The van der Waals surface area contributed by atoms with Gasteiger partial charge in [-0.2, -0.15) is 0 Å². The van der Waals surface area contributed by atoms with Crippen LogP contribution in [0.25, 0.3) is 11.0 Å². The Kier molecular flexibility index (Phi) is 9.71. The molecule has 1 atom stereocenters. The fourth-order valence-electron chi connectivity index (χ4n) is 4.81. The maximum atomic E-state index is 13.5. The van der Waals surface area contributed by atoms with E-state index in [4.69, 9.17) is 4.98 Å². The quantitative estimate of drug-likeness (QED) is 0.148. The van der Waals surface area contributed by atoms with Gasteiger partial charge in [-0.05, 0) is 41.5 Å². The van der Waals surface area contributed by atoms with E-state index in [0.29, 0.717) is 36.8 Å². The Hall–Kier alpha value is -3.14. The molecule has 0 amide bonds. The summed E-state index contributed by atoms with van der Waals surface area (Å²) < 4.78 is 30.3. The number of nitrogens with zero attached hydrogens (tertiary/aromatic N) is 3. The number of fused-ring (bicyclic) bond motifs is 1. The largest absolute Gasteiger partial charge is 0.480 e. The van der Waals surface area contributed by atoms with Crippen LogP contribution in [-0.4, -0.2) is 52.2 Å². The zero-order chi connectivity index (χ0) is 28.8. The second-order valence-electron chi connectivity index (χ2n) is 10.9. The lowest BCUT2D eigenvalue weighted by Gasteiger charge is -2.29. The summed E-state index contributed by atoms with van der Waals surface area (Å²) in [6.07, 6.45) is 1.23. The molecule has 0 fully saturated rings. The molecule has 40 heavy (non-hydrogen) atoms. The van der Waals surface area contributed by atoms with Crippen LogP contribution in [0.3, 0.4) is 0 Å². The molecule has 9 heteroatoms. The number of benzene rings is 3. The molecular weight excluding hydrogens is 542 g/mol. The van der Waals surface area contributed by atoms with Crippen molar-refractivity contribution in [2.75, 3.05) is 18.8 Å². The van der Waals surface area contributed by atoms with Crippen molar-refractivity contribution in [3.8, 4) is 0 Å². The molecule has 0 bridgehead atoms. The summed E-state index contributed by atoms with van der Waals surface area (Å²) in [5.74, 6) is -0.350. The summed E-state index contributed by atoms with van der Waals surface area (Å²) in [7, 11) is -3.54. The van der Waals surface area contributed by atoms with Crippen LogP contribution in [0.1, 0.15) is 44.4 Å². The monoisotopic (exact) mass is 579 g/mol. The molecule has 0 radical (unpaired) electrons. The number of aromatic nitrogens is 2. The molecule has 0 aliphatic heterocycles. The molecule has 0 aliphatic carbocycles. The standard InChI is InChI=1S/C31H37N3O4S2/c1-31(2,3)28(29(35)36)34-27-18-11-10-17-26(27)32-30(34)39-22-12-20-33(21-19-24-13-6-4-7-14-24)40(37,38)23-25-15-8-5-9-16-25/h4-11,13-18,28H,12,19-23H2,1-3H3,(H,35,36). The first-order chi connectivity index (χ1) is 19.1. The van der Waals surface area contributed by atoms with Crippen LogP contribution < -0.4 is 0 Å². The molecule has 0 saturated heterocycles. The first-order valence-electron chi connectivity index (χ1n) is 13.4. The Morgan fingerprint density at radius 1 is 0.925 bits per heavy atom. The zero-order valence-corrected chi connectivity index (χ0v) is 24.9. The van der Waals surface area contributed by atoms with E-state index in [2.05, 4.69) is 0 Å². The van der Waals surface area contributed by atoms with Crippen LogP contribution in [0, 0.1) is 5.41 Å². The molecule has 0 aliphatic rings. The van der Waals surface area contributed by atoms with Gasteiger partial charge in [-0.1, -0.05) is 105 Å². The number of aliphatic carboxylic acids is 1. The molecule has 3 aromatic carbocycles. The van der Waals surface area contributed by atoms with E-state index < -0.39 is 27.4 Å². The van der Waals surface area contributed by atoms with Gasteiger partial charge >= 0.3 is 5.97 Å². The average Bonchev–Trinajstić information content (AvgIpc) is 3.25. The third-order valence-corrected chi connectivity index (χ3v) is 9.63. The lowest BCUT2D eigenvalue weighted by atomic mass is 9.86. The summed E-state index contributed by atoms with van der Waals surface area (Å²) in [5, 5.41) is 10.8. The highest BCUT2D eigenvalue weighted by atomic mass is 32.2. The second-order valence-corrected chi connectivity index (χ2v) is 14.0. The van der Waals surface area contributed by atoms with Crippen molar-refractivity contribution >= 4 is 38.8 Å². The Morgan fingerprint density at radius 3 is 2.15 bits per heavy atom. The van der Waals surface area contributed by atoms with E-state index >= 15 is 0 Å². The number of carboxylic acid groups (broad SMARTS) is 1. The van der Waals surface area contributed by atoms with E-state index in [1.807, 2.05) is 110 Å². The fourth-order valence-corrected chi connectivity index (χ4v) is 7.35. The minimum absolute atomic E-state index is 0.0442. The van der Waals surface area contributed by atoms with Crippen LogP contribution in [-0.2, 0) is 27.0 Å². The van der Waals surface area contributed by atoms with Gasteiger partial charge in [-0.25, -0.2) is 22.5 Å². The lowest BCUT2D eigenvalue weighted by molar-refractivity contribution is -0.144. The Morgan fingerprint density at radius 2 is 1.52 bits per heavy atom. The van der Waals surface area contributed by atoms with Crippen molar-refractivity contribution in [1.29, 1.82) is 0 Å². The molecule has 1 aromatic heterocycles. The van der Waals surface area contributed by atoms with Crippen molar-refractivity contribution in [3.63, 3.8) is 0 Å². The summed E-state index contributed by atoms with van der Waals surface area (Å²) in [6, 6.07) is 25.9. The Labute approximate surface area is 241 Å². The third kappa shape index (κ3) is 7.53. The van der Waals surface area contributed by atoms with Crippen LogP contribution in [0.15, 0.2) is 90.1 Å². The number of hydrogen-bond donors (Lipinski definition) is 1. The Balaban J connectivity index is 1.51. The Bertz CT molecular complexity index is 1510. The van der Waals surface area contributed by atoms with Crippen LogP contribution >= 0.6 is 11.8 Å². The topological polar surface area (TPSA) is 92.5 Å². The van der Waals surface area contributed by atoms with Gasteiger partial charge in [-0.3, -0.25) is 0 Å². The third-order valence-electron chi connectivity index (χ3n) is 6.74. The number of imidazole rings is 1. The minimum atomic E-state index is -3.54. The molecule has 7 nitrogen and oxygen atoms in total. The number of thioether (sulfide) groups is 1. The van der Waals surface area contributed by atoms with Crippen LogP contribution in [0.5, 0.6) is 0 Å². The number of sulfonamides is 1. The number of carboxylic acids is 1. The van der Waals surface area contributed by atoms with Crippen LogP contribution in [0.4, 0.5) is 0 Å². The van der Waals surface area contributed by atoms with E-state index in [0.717, 1.165) is 22.2 Å². The van der Waals surface area contributed by atoms with E-state index in [1.54, 1.807) is 4.31 Å². The molecule has 1 N–H and O–H groups in total. The summed E-state index contributed by atoms with van der Waals surface area (Å²) in [5.41, 5.74) is 2.84. The van der Waals surface area contributed by atoms with E-state index in [9.17, 15) is 18.3 Å². The molecule has 1 unspecified atom stereocenters. The molecular formula is C31H37N3O4S2. The predicted octanol–water partition coefficient (Wildman–Crippen LogP) is 6.27. The van der Waals surface area contributed by atoms with Gasteiger partial charge in [0.15, 0.2) is 5.16 Å². The highest BCUT2D eigenvalue weighted by molar-refractivity contribution is 7.99. The first-order valence-corrected chi connectivity index (χ1v) is 16.0. The first kappa shape index (κ1) is 29.8. The SMILES string of the molecule is CC(C)(C)C(C(=O)O)n1c(SCCCN(CCc2ccccc2)S(=O)(=O)Cc2ccccc2)nc2ccccc21. The molecule has 4 aromatic rings. The van der Waals surface area contributed by atoms with Crippen molar-refractivity contribution < 1.29 is 18.3 Å². The lowest BCUT2D eigenvalue weighted by Crippen LogP contribution is -2.35. The highest BCUT2D eigenvalue weighted by Gasteiger charge is 2.36. The molecule has 0 saturated carbocycles. The number of para-hydroxylation sites is 2. The number of rotatable bonds is 13.